The van der Waals surface area contributed by atoms with E-state index in [9.17, 15) is 0 Å². The Kier molecular flexibility index (Phi) is 5.61. The van der Waals surface area contributed by atoms with Crippen molar-refractivity contribution >= 4 is 40.1 Å². The number of hydrogen-bond acceptors (Lipinski definition) is 6. The average molecular weight is 440 g/mol. The van der Waals surface area contributed by atoms with Gasteiger partial charge in [0.2, 0.25) is 0 Å². The molecule has 3 aromatic rings. The van der Waals surface area contributed by atoms with Gasteiger partial charge >= 0.3 is 0 Å². The molecule has 1 aliphatic carbocycles. The van der Waals surface area contributed by atoms with Crippen molar-refractivity contribution in [3.05, 3.63) is 75.6 Å². The third-order valence-electron chi connectivity index (χ3n) is 4.29. The summed E-state index contributed by atoms with van der Waals surface area (Å²) in [6, 6.07) is 10.7. The first-order valence-electron chi connectivity index (χ1n) is 8.89. The zero-order chi connectivity index (χ0) is 21.1. The van der Waals surface area contributed by atoms with Crippen LogP contribution in [0, 0.1) is 11.3 Å². The minimum Gasteiger partial charge on any atom is -0.487 e. The maximum Gasteiger partial charge on any atom is 0.183 e. The van der Waals surface area contributed by atoms with Crippen LogP contribution in [0.5, 0.6) is 11.5 Å². The van der Waals surface area contributed by atoms with Crippen molar-refractivity contribution in [1.29, 1.82) is 5.26 Å². The Hall–Kier alpha value is -3.47. The number of benzene rings is 1. The van der Waals surface area contributed by atoms with Crippen LogP contribution in [0.25, 0.3) is 11.0 Å². The second-order valence-corrected chi connectivity index (χ2v) is 7.25. The van der Waals surface area contributed by atoms with Crippen LogP contribution < -0.4 is 15.2 Å². The molecule has 30 heavy (non-hydrogen) atoms. The lowest BCUT2D eigenvalue weighted by Gasteiger charge is -2.12. The van der Waals surface area contributed by atoms with E-state index >= 15 is 0 Å². The SMILES string of the molecule is N#CC1=CCC(Oc2cc(OCc3[nH]nc4nc(N)ccc34)ccc2Cl)=CC(Cl)=C1. The largest absolute Gasteiger partial charge is 0.487 e. The Bertz CT molecular complexity index is 1250. The van der Waals surface area contributed by atoms with Gasteiger partial charge < -0.3 is 15.2 Å². The number of fused-ring (bicyclic) bond motifs is 1. The number of aromatic nitrogens is 3. The van der Waals surface area contributed by atoms with Gasteiger partial charge in [-0.25, -0.2) is 4.98 Å². The summed E-state index contributed by atoms with van der Waals surface area (Å²) >= 11 is 12.4. The number of anilines is 1. The highest BCUT2D eigenvalue weighted by atomic mass is 35.5. The summed E-state index contributed by atoms with van der Waals surface area (Å²) in [6.07, 6.45) is 5.38. The van der Waals surface area contributed by atoms with E-state index in [1.165, 1.54) is 0 Å². The Morgan fingerprint density at radius 1 is 1.20 bits per heavy atom. The van der Waals surface area contributed by atoms with E-state index in [2.05, 4.69) is 21.3 Å². The number of allylic oxidation sites excluding steroid dienone is 5. The van der Waals surface area contributed by atoms with Crippen molar-refractivity contribution in [2.24, 2.45) is 0 Å². The molecule has 2 heterocycles. The van der Waals surface area contributed by atoms with E-state index in [1.807, 2.05) is 6.07 Å². The van der Waals surface area contributed by atoms with Crippen LogP contribution >= 0.6 is 23.2 Å². The summed E-state index contributed by atoms with van der Waals surface area (Å²) < 4.78 is 11.8. The molecule has 0 aliphatic heterocycles. The number of nitriles is 1. The standard InChI is InChI=1S/C21H15Cl2N5O2/c22-13-7-12(10-24)1-2-15(8-13)30-19-9-14(3-5-17(19)23)29-11-18-16-4-6-20(25)26-21(16)28-27-18/h1,3-9H,2,11H2,(H3,25,26,27,28). The number of nitrogens with two attached hydrogens (primary N) is 1. The number of ether oxygens (including phenoxy) is 2. The molecule has 0 unspecified atom stereocenters. The zero-order valence-corrected chi connectivity index (χ0v) is 17.0. The Morgan fingerprint density at radius 2 is 2.07 bits per heavy atom. The van der Waals surface area contributed by atoms with E-state index in [1.54, 1.807) is 42.5 Å². The molecule has 3 N–H and O–H groups in total. The van der Waals surface area contributed by atoms with Gasteiger partial charge in [-0.15, -0.1) is 0 Å². The van der Waals surface area contributed by atoms with Crippen LogP contribution in [-0.4, -0.2) is 15.2 Å². The van der Waals surface area contributed by atoms with Crippen molar-refractivity contribution in [2.45, 2.75) is 13.0 Å². The van der Waals surface area contributed by atoms with Gasteiger partial charge in [-0.1, -0.05) is 29.3 Å². The zero-order valence-electron chi connectivity index (χ0n) is 15.5. The maximum atomic E-state index is 9.07. The molecular formula is C21H15Cl2N5O2. The number of nitrogens with one attached hydrogen (secondary N) is 1. The number of pyridine rings is 1. The first kappa shape index (κ1) is 19.8. The van der Waals surface area contributed by atoms with Crippen molar-refractivity contribution in [3.63, 3.8) is 0 Å². The molecule has 0 bridgehead atoms. The van der Waals surface area contributed by atoms with Gasteiger partial charge in [0.25, 0.3) is 0 Å². The first-order chi connectivity index (χ1) is 14.5. The predicted octanol–water partition coefficient (Wildman–Crippen LogP) is 5.01. The Balaban J connectivity index is 1.50. The number of H-pyrrole nitrogens is 1. The van der Waals surface area contributed by atoms with Gasteiger partial charge in [0, 0.05) is 28.5 Å². The van der Waals surface area contributed by atoms with Gasteiger partial charge in [0.15, 0.2) is 5.65 Å². The molecule has 0 spiro atoms. The van der Waals surface area contributed by atoms with Crippen LogP contribution in [0.4, 0.5) is 5.82 Å². The average Bonchev–Trinajstić information content (AvgIpc) is 3.03. The topological polar surface area (TPSA) is 110 Å². The van der Waals surface area contributed by atoms with E-state index in [-0.39, 0.29) is 6.61 Å². The fourth-order valence-corrected chi connectivity index (χ4v) is 3.24. The number of aromatic amines is 1. The van der Waals surface area contributed by atoms with Gasteiger partial charge in [0.05, 0.1) is 16.8 Å². The number of nitrogen functional groups attached to an aromatic ring is 1. The molecule has 1 aliphatic rings. The summed E-state index contributed by atoms with van der Waals surface area (Å²) in [6.45, 7) is 0.245. The molecular weight excluding hydrogens is 425 g/mol. The molecule has 0 saturated heterocycles. The summed E-state index contributed by atoms with van der Waals surface area (Å²) in [5, 5.41) is 17.8. The third-order valence-corrected chi connectivity index (χ3v) is 4.82. The lowest BCUT2D eigenvalue weighted by atomic mass is 10.2. The third kappa shape index (κ3) is 4.40. The maximum absolute atomic E-state index is 9.07. The highest BCUT2D eigenvalue weighted by Gasteiger charge is 2.12. The molecule has 0 fully saturated rings. The van der Waals surface area contributed by atoms with Crippen molar-refractivity contribution in [3.8, 4) is 17.6 Å². The molecule has 0 amide bonds. The van der Waals surface area contributed by atoms with Crippen molar-refractivity contribution in [2.75, 3.05) is 5.73 Å². The van der Waals surface area contributed by atoms with Gasteiger partial charge in [-0.2, -0.15) is 10.4 Å². The van der Waals surface area contributed by atoms with Crippen LogP contribution in [0.15, 0.2) is 64.9 Å². The minimum atomic E-state index is 0.245. The molecule has 150 valence electrons. The van der Waals surface area contributed by atoms with Crippen molar-refractivity contribution in [1.82, 2.24) is 15.2 Å². The molecule has 0 atom stereocenters. The molecule has 0 radical (unpaired) electrons. The van der Waals surface area contributed by atoms with Gasteiger partial charge in [0.1, 0.15) is 29.7 Å². The van der Waals surface area contributed by atoms with E-state index in [0.717, 1.165) is 11.1 Å². The molecule has 9 heteroatoms. The second kappa shape index (κ2) is 8.49. The number of nitrogens with zero attached hydrogens (tertiary/aromatic N) is 3. The lowest BCUT2D eigenvalue weighted by Crippen LogP contribution is -1.99. The quantitative estimate of drug-likeness (QED) is 0.577. The fourth-order valence-electron chi connectivity index (χ4n) is 2.84. The Labute approximate surface area is 182 Å². The van der Waals surface area contributed by atoms with Crippen LogP contribution in [0.3, 0.4) is 0 Å². The molecule has 2 aromatic heterocycles. The van der Waals surface area contributed by atoms with Crippen LogP contribution in [0.1, 0.15) is 12.1 Å². The molecule has 0 saturated carbocycles. The summed E-state index contributed by atoms with van der Waals surface area (Å²) in [5.41, 5.74) is 7.46. The molecule has 1 aromatic carbocycles. The van der Waals surface area contributed by atoms with E-state index in [4.69, 9.17) is 43.7 Å². The van der Waals surface area contributed by atoms with E-state index in [0.29, 0.717) is 50.8 Å². The fraction of sp³-hybridized carbons (Fsp3) is 0.0952. The predicted molar refractivity (Wildman–Crippen MR) is 115 cm³/mol. The normalized spacial score (nSPS) is 13.7. The van der Waals surface area contributed by atoms with Gasteiger partial charge in [-0.05, 0) is 36.4 Å². The highest BCUT2D eigenvalue weighted by molar-refractivity contribution is 6.32. The lowest BCUT2D eigenvalue weighted by molar-refractivity contribution is 0.300. The van der Waals surface area contributed by atoms with Crippen LogP contribution in [0.2, 0.25) is 5.02 Å². The number of rotatable bonds is 5. The number of halogens is 2. The smallest absolute Gasteiger partial charge is 0.183 e. The second-order valence-electron chi connectivity index (χ2n) is 6.41. The molecule has 7 nitrogen and oxygen atoms in total. The minimum absolute atomic E-state index is 0.245. The summed E-state index contributed by atoms with van der Waals surface area (Å²) in [4.78, 5) is 4.16. The Morgan fingerprint density at radius 3 is 2.90 bits per heavy atom. The summed E-state index contributed by atoms with van der Waals surface area (Å²) in [5.74, 6) is 1.94. The van der Waals surface area contributed by atoms with Gasteiger partial charge in [-0.3, -0.25) is 5.10 Å². The number of hydrogen-bond donors (Lipinski definition) is 2. The first-order valence-corrected chi connectivity index (χ1v) is 9.65. The van der Waals surface area contributed by atoms with E-state index < -0.39 is 0 Å². The van der Waals surface area contributed by atoms with Crippen LogP contribution in [-0.2, 0) is 6.61 Å². The molecule has 4 rings (SSSR count). The monoisotopic (exact) mass is 439 g/mol. The summed E-state index contributed by atoms with van der Waals surface area (Å²) in [7, 11) is 0. The highest BCUT2D eigenvalue weighted by Crippen LogP contribution is 2.32. The van der Waals surface area contributed by atoms with Crippen molar-refractivity contribution < 1.29 is 9.47 Å².